The number of carboxylic acids is 1. The monoisotopic (exact) mass is 310 g/mol. The molecule has 0 radical (unpaired) electrons. The Balaban J connectivity index is 2.58. The lowest BCUT2D eigenvalue weighted by Gasteiger charge is -2.34. The summed E-state index contributed by atoms with van der Waals surface area (Å²) in [5, 5.41) is 8.68. The second kappa shape index (κ2) is 7.32. The number of aliphatic carboxylic acids is 1. The minimum absolute atomic E-state index is 0.0781. The highest BCUT2D eigenvalue weighted by Crippen LogP contribution is 2.13. The summed E-state index contributed by atoms with van der Waals surface area (Å²) in [5.41, 5.74) is 0. The van der Waals surface area contributed by atoms with E-state index in [1.54, 1.807) is 13.8 Å². The van der Waals surface area contributed by atoms with Gasteiger partial charge in [-0.1, -0.05) is 0 Å². The van der Waals surface area contributed by atoms with Crippen molar-refractivity contribution in [1.29, 1.82) is 0 Å². The van der Waals surface area contributed by atoms with E-state index in [2.05, 4.69) is 4.72 Å². The predicted octanol–water partition coefficient (Wildman–Crippen LogP) is -0.580. The fourth-order valence-electron chi connectivity index (χ4n) is 2.05. The van der Waals surface area contributed by atoms with Gasteiger partial charge in [-0.25, -0.2) is 0 Å². The minimum atomic E-state index is -3.66. The molecule has 2 N–H and O–H groups in total. The molecule has 0 aromatic carbocycles. The Hall–Kier alpha value is -0.740. The lowest BCUT2D eigenvalue weighted by atomic mass is 10.2. The molecule has 3 unspecified atom stereocenters. The quantitative estimate of drug-likeness (QED) is 0.652. The van der Waals surface area contributed by atoms with Gasteiger partial charge in [0.15, 0.2) is 0 Å². The van der Waals surface area contributed by atoms with E-state index in [1.165, 1.54) is 11.4 Å². The van der Waals surface area contributed by atoms with E-state index in [1.807, 2.05) is 0 Å². The van der Waals surface area contributed by atoms with Gasteiger partial charge in [0.25, 0.3) is 10.2 Å². The third-order valence-corrected chi connectivity index (χ3v) is 4.46. The van der Waals surface area contributed by atoms with Crippen LogP contribution in [0.3, 0.4) is 0 Å². The number of nitrogens with one attached hydrogen (secondary N) is 1. The first-order valence-corrected chi connectivity index (χ1v) is 7.83. The van der Waals surface area contributed by atoms with Crippen LogP contribution in [0.15, 0.2) is 0 Å². The standard InChI is InChI=1S/C11H22N2O6S/c1-8-6-13(7-9(2)19-8)20(16,17)12-5-10(18-3)4-11(14)15/h8-10,12H,4-7H2,1-3H3,(H,14,15). The fourth-order valence-corrected chi connectivity index (χ4v) is 3.44. The van der Waals surface area contributed by atoms with Crippen LogP contribution in [0.25, 0.3) is 0 Å². The van der Waals surface area contributed by atoms with E-state index in [0.29, 0.717) is 0 Å². The van der Waals surface area contributed by atoms with E-state index < -0.39 is 22.3 Å². The molecule has 8 nitrogen and oxygen atoms in total. The lowest BCUT2D eigenvalue weighted by Crippen LogP contribution is -2.52. The highest BCUT2D eigenvalue weighted by Gasteiger charge is 2.31. The number of rotatable bonds is 7. The fraction of sp³-hybridized carbons (Fsp3) is 0.909. The third-order valence-electron chi connectivity index (χ3n) is 2.96. The van der Waals surface area contributed by atoms with Crippen molar-refractivity contribution in [2.24, 2.45) is 0 Å². The van der Waals surface area contributed by atoms with Gasteiger partial charge in [-0.2, -0.15) is 17.4 Å². The number of carbonyl (C=O) groups is 1. The predicted molar refractivity (Wildman–Crippen MR) is 71.6 cm³/mol. The zero-order chi connectivity index (χ0) is 15.3. The number of methoxy groups -OCH3 is 1. The Bertz CT molecular complexity index is 417. The summed E-state index contributed by atoms with van der Waals surface area (Å²) in [7, 11) is -2.31. The number of morpholine rings is 1. The third kappa shape index (κ3) is 5.33. The molecule has 0 aromatic rings. The Morgan fingerprint density at radius 1 is 1.45 bits per heavy atom. The molecule has 0 bridgehead atoms. The molecule has 1 aliphatic heterocycles. The van der Waals surface area contributed by atoms with Gasteiger partial charge in [-0.15, -0.1) is 0 Å². The van der Waals surface area contributed by atoms with E-state index in [0.717, 1.165) is 0 Å². The molecule has 1 saturated heterocycles. The first-order chi connectivity index (χ1) is 9.24. The van der Waals surface area contributed by atoms with Crippen molar-refractivity contribution in [2.75, 3.05) is 26.7 Å². The van der Waals surface area contributed by atoms with Crippen LogP contribution in [-0.4, -0.2) is 68.9 Å². The summed E-state index contributed by atoms with van der Waals surface area (Å²) >= 11 is 0. The van der Waals surface area contributed by atoms with Gasteiger partial charge >= 0.3 is 5.97 Å². The van der Waals surface area contributed by atoms with Gasteiger partial charge < -0.3 is 14.6 Å². The molecular weight excluding hydrogens is 288 g/mol. The number of carboxylic acid groups (broad SMARTS) is 1. The number of hydrogen-bond acceptors (Lipinski definition) is 5. The number of nitrogens with zero attached hydrogens (tertiary/aromatic N) is 1. The summed E-state index contributed by atoms with van der Waals surface area (Å²) in [4.78, 5) is 10.6. The maximum absolute atomic E-state index is 12.1. The molecule has 0 spiro atoms. The molecule has 0 saturated carbocycles. The summed E-state index contributed by atoms with van der Waals surface area (Å²) in [6.45, 7) is 4.08. The summed E-state index contributed by atoms with van der Waals surface area (Å²) in [5.74, 6) is -1.04. The van der Waals surface area contributed by atoms with Crippen molar-refractivity contribution in [2.45, 2.75) is 38.6 Å². The Morgan fingerprint density at radius 2 is 2.00 bits per heavy atom. The van der Waals surface area contributed by atoms with Crippen LogP contribution in [-0.2, 0) is 24.5 Å². The summed E-state index contributed by atoms with van der Waals surface area (Å²) in [6.07, 6.45) is -1.30. The second-order valence-electron chi connectivity index (χ2n) is 4.88. The van der Waals surface area contributed by atoms with Crippen LogP contribution in [0.1, 0.15) is 20.3 Å². The average molecular weight is 310 g/mol. The second-order valence-corrected chi connectivity index (χ2v) is 6.64. The van der Waals surface area contributed by atoms with Crippen LogP contribution in [0, 0.1) is 0 Å². The van der Waals surface area contributed by atoms with Crippen molar-refractivity contribution >= 4 is 16.2 Å². The molecule has 1 rings (SSSR count). The van der Waals surface area contributed by atoms with Crippen LogP contribution in [0.5, 0.6) is 0 Å². The minimum Gasteiger partial charge on any atom is -0.481 e. The van der Waals surface area contributed by atoms with E-state index in [4.69, 9.17) is 14.6 Å². The van der Waals surface area contributed by atoms with Crippen LogP contribution in [0.2, 0.25) is 0 Å². The molecule has 3 atom stereocenters. The smallest absolute Gasteiger partial charge is 0.306 e. The molecule has 118 valence electrons. The van der Waals surface area contributed by atoms with E-state index in [-0.39, 0.29) is 38.3 Å². The SMILES string of the molecule is COC(CNS(=O)(=O)N1CC(C)OC(C)C1)CC(=O)O. The number of hydrogen-bond donors (Lipinski definition) is 2. The van der Waals surface area contributed by atoms with Crippen LogP contribution >= 0.6 is 0 Å². The zero-order valence-electron chi connectivity index (χ0n) is 11.9. The van der Waals surface area contributed by atoms with Crippen LogP contribution in [0.4, 0.5) is 0 Å². The molecule has 0 amide bonds. The normalized spacial score (nSPS) is 26.4. The Morgan fingerprint density at radius 3 is 2.45 bits per heavy atom. The van der Waals surface area contributed by atoms with E-state index in [9.17, 15) is 13.2 Å². The van der Waals surface area contributed by atoms with Crippen molar-refractivity contribution < 1.29 is 27.8 Å². The van der Waals surface area contributed by atoms with Crippen molar-refractivity contribution in [3.8, 4) is 0 Å². The van der Waals surface area contributed by atoms with Crippen molar-refractivity contribution in [3.63, 3.8) is 0 Å². The first-order valence-electron chi connectivity index (χ1n) is 6.39. The molecule has 1 aliphatic rings. The first kappa shape index (κ1) is 17.3. The topological polar surface area (TPSA) is 105 Å². The van der Waals surface area contributed by atoms with Gasteiger partial charge in [-0.05, 0) is 13.8 Å². The molecule has 20 heavy (non-hydrogen) atoms. The van der Waals surface area contributed by atoms with Crippen molar-refractivity contribution in [3.05, 3.63) is 0 Å². The highest BCUT2D eigenvalue weighted by molar-refractivity contribution is 7.87. The van der Waals surface area contributed by atoms with Gasteiger partial charge in [0.05, 0.1) is 24.7 Å². The average Bonchev–Trinajstić information content (AvgIpc) is 2.32. The Labute approximate surface area is 119 Å². The molecule has 0 aliphatic carbocycles. The molecule has 9 heteroatoms. The molecule has 1 heterocycles. The maximum Gasteiger partial charge on any atom is 0.306 e. The lowest BCUT2D eigenvalue weighted by molar-refractivity contribution is -0.139. The molecule has 1 fully saturated rings. The largest absolute Gasteiger partial charge is 0.481 e. The zero-order valence-corrected chi connectivity index (χ0v) is 12.7. The maximum atomic E-state index is 12.1. The number of ether oxygens (including phenoxy) is 2. The summed E-state index contributed by atoms with van der Waals surface area (Å²) in [6, 6.07) is 0. The highest BCUT2D eigenvalue weighted by atomic mass is 32.2. The Kier molecular flexibility index (Phi) is 6.34. The van der Waals surface area contributed by atoms with Gasteiger partial charge in [-0.3, -0.25) is 4.79 Å². The van der Waals surface area contributed by atoms with Crippen molar-refractivity contribution in [1.82, 2.24) is 9.03 Å². The van der Waals surface area contributed by atoms with E-state index >= 15 is 0 Å². The molecular formula is C11H22N2O6S. The van der Waals surface area contributed by atoms with Crippen LogP contribution < -0.4 is 4.72 Å². The van der Waals surface area contributed by atoms with Gasteiger partial charge in [0.2, 0.25) is 0 Å². The van der Waals surface area contributed by atoms with Gasteiger partial charge in [0, 0.05) is 26.7 Å². The molecule has 0 aromatic heterocycles. The van der Waals surface area contributed by atoms with Gasteiger partial charge in [0.1, 0.15) is 0 Å². The summed E-state index contributed by atoms with van der Waals surface area (Å²) < 4.78 is 38.4.